The molecule has 0 bridgehead atoms. The van der Waals surface area contributed by atoms with E-state index in [-0.39, 0.29) is 0 Å². The van der Waals surface area contributed by atoms with Gasteiger partial charge in [-0.3, -0.25) is 14.4 Å². The Hall–Kier alpha value is -0.520. The lowest BCUT2D eigenvalue weighted by molar-refractivity contribution is 0.320. The Morgan fingerprint density at radius 1 is 1.24 bits per heavy atom. The molecule has 0 heterocycles. The van der Waals surface area contributed by atoms with Gasteiger partial charge in [0.15, 0.2) is 0 Å². The molecule has 5 N–H and O–H groups in total. The predicted octanol–water partition coefficient (Wildman–Crippen LogP) is 1.46. The molecule has 1 aliphatic carbocycles. The van der Waals surface area contributed by atoms with E-state index in [1.54, 1.807) is 0 Å². The Kier molecular flexibility index (Phi) is 4.76. The minimum Gasteiger partial charge on any atom is -0.323 e. The lowest BCUT2D eigenvalue weighted by Gasteiger charge is -2.25. The van der Waals surface area contributed by atoms with Gasteiger partial charge in [-0.2, -0.15) is 0 Å². The number of hydrogen-bond donors (Lipinski definition) is 5. The van der Waals surface area contributed by atoms with E-state index in [1.165, 1.54) is 0 Å². The summed E-state index contributed by atoms with van der Waals surface area (Å²) in [7, 11) is -9.90. The van der Waals surface area contributed by atoms with E-state index in [2.05, 4.69) is 5.32 Å². The summed E-state index contributed by atoms with van der Waals surface area (Å²) in [6, 6.07) is 5.34. The molecule has 7 nitrogen and oxygen atoms in total. The van der Waals surface area contributed by atoms with Crippen LogP contribution in [0.4, 0.5) is 0 Å². The Morgan fingerprint density at radius 2 is 1.86 bits per heavy atom. The highest BCUT2D eigenvalue weighted by molar-refractivity contribution is 7.70. The molecule has 0 spiro atoms. The summed E-state index contributed by atoms with van der Waals surface area (Å²) in [5.41, 5.74) is 0.906. The summed E-state index contributed by atoms with van der Waals surface area (Å²) in [5, 5.41) is 2.46. The SMILES string of the molecule is CCc1ccc2c(c1)CCC2NC(P(=O)(O)O)P(=O)(O)O. The Labute approximate surface area is 122 Å². The lowest BCUT2D eigenvalue weighted by atomic mass is 10.0. The topological polar surface area (TPSA) is 127 Å². The third-order valence-electron chi connectivity index (χ3n) is 3.68. The minimum absolute atomic E-state index is 0.462. The van der Waals surface area contributed by atoms with Gasteiger partial charge in [0.1, 0.15) is 0 Å². The quantitative estimate of drug-likeness (QED) is 0.516. The van der Waals surface area contributed by atoms with Gasteiger partial charge in [0.2, 0.25) is 5.52 Å². The Balaban J connectivity index is 2.26. The maximum absolute atomic E-state index is 11.3. The van der Waals surface area contributed by atoms with Crippen molar-refractivity contribution in [2.45, 2.75) is 37.8 Å². The smallest absolute Gasteiger partial charge is 0.323 e. The monoisotopic (exact) mass is 335 g/mol. The second-order valence-electron chi connectivity index (χ2n) is 5.20. The molecule has 1 aromatic carbocycles. The van der Waals surface area contributed by atoms with Crippen LogP contribution in [0, 0.1) is 0 Å². The van der Waals surface area contributed by atoms with Gasteiger partial charge in [-0.25, -0.2) is 0 Å². The van der Waals surface area contributed by atoms with E-state index >= 15 is 0 Å². The molecule has 0 saturated carbocycles. The van der Waals surface area contributed by atoms with Crippen molar-refractivity contribution in [2.24, 2.45) is 0 Å². The second kappa shape index (κ2) is 5.94. The van der Waals surface area contributed by atoms with E-state index in [0.29, 0.717) is 6.42 Å². The molecular weight excluding hydrogens is 316 g/mol. The highest BCUT2D eigenvalue weighted by atomic mass is 31.2. The van der Waals surface area contributed by atoms with Gasteiger partial charge in [0, 0.05) is 6.04 Å². The molecule has 0 aromatic heterocycles. The summed E-state index contributed by atoms with van der Waals surface area (Å²) < 4.78 is 22.6. The van der Waals surface area contributed by atoms with Crippen LogP contribution >= 0.6 is 15.2 Å². The molecule has 1 unspecified atom stereocenters. The van der Waals surface area contributed by atoms with E-state index < -0.39 is 26.8 Å². The van der Waals surface area contributed by atoms with Crippen molar-refractivity contribution < 1.29 is 28.7 Å². The second-order valence-corrected chi connectivity index (χ2v) is 8.99. The van der Waals surface area contributed by atoms with Crippen molar-refractivity contribution in [1.29, 1.82) is 0 Å². The normalized spacial score (nSPS) is 19.0. The van der Waals surface area contributed by atoms with Crippen molar-refractivity contribution >= 4 is 15.2 Å². The first-order valence-corrected chi connectivity index (χ1v) is 9.97. The molecule has 0 radical (unpaired) electrons. The number of nitrogens with one attached hydrogen (secondary N) is 1. The lowest BCUT2D eigenvalue weighted by Crippen LogP contribution is -2.31. The van der Waals surface area contributed by atoms with Crippen molar-refractivity contribution in [3.8, 4) is 0 Å². The zero-order chi connectivity index (χ0) is 15.8. The fourth-order valence-corrected chi connectivity index (χ4v) is 4.95. The van der Waals surface area contributed by atoms with E-state index in [1.807, 2.05) is 25.1 Å². The number of hydrogen-bond acceptors (Lipinski definition) is 3. The average molecular weight is 335 g/mol. The summed E-state index contributed by atoms with van der Waals surface area (Å²) in [6.07, 6.45) is 2.16. The molecule has 118 valence electrons. The molecule has 0 aliphatic heterocycles. The van der Waals surface area contributed by atoms with Gasteiger partial charge in [0.25, 0.3) is 0 Å². The molecule has 9 heteroatoms. The van der Waals surface area contributed by atoms with Crippen LogP contribution in [0.15, 0.2) is 18.2 Å². The van der Waals surface area contributed by atoms with Crippen LogP contribution < -0.4 is 5.32 Å². The zero-order valence-electron chi connectivity index (χ0n) is 11.5. The molecule has 2 rings (SSSR count). The molecule has 1 aliphatic rings. The third kappa shape index (κ3) is 3.82. The largest absolute Gasteiger partial charge is 0.354 e. The van der Waals surface area contributed by atoms with E-state index in [0.717, 1.165) is 29.5 Å². The van der Waals surface area contributed by atoms with Crippen LogP contribution in [0.5, 0.6) is 0 Å². The maximum Gasteiger partial charge on any atom is 0.354 e. The summed E-state index contributed by atoms with van der Waals surface area (Å²) in [6.45, 7) is 2.03. The first-order valence-electron chi connectivity index (χ1n) is 6.61. The van der Waals surface area contributed by atoms with Crippen molar-refractivity contribution in [1.82, 2.24) is 5.32 Å². The third-order valence-corrected chi connectivity index (χ3v) is 7.06. The van der Waals surface area contributed by atoms with Crippen LogP contribution in [-0.4, -0.2) is 25.1 Å². The zero-order valence-corrected chi connectivity index (χ0v) is 13.3. The van der Waals surface area contributed by atoms with Crippen molar-refractivity contribution in [3.05, 3.63) is 34.9 Å². The molecular formula is C12H19NO6P2. The van der Waals surface area contributed by atoms with Crippen LogP contribution in [0.2, 0.25) is 0 Å². The standard InChI is InChI=1S/C12H19NO6P2/c1-2-8-3-5-10-9(7-8)4-6-11(10)13-12(20(14,15)16)21(17,18)19/h3,5,7,11-13H,2,4,6H2,1H3,(H2,14,15,16)(H2,17,18,19). The number of benzene rings is 1. The molecule has 0 saturated heterocycles. The molecule has 21 heavy (non-hydrogen) atoms. The average Bonchev–Trinajstić information content (AvgIpc) is 2.75. The van der Waals surface area contributed by atoms with Crippen LogP contribution in [-0.2, 0) is 22.0 Å². The van der Waals surface area contributed by atoms with Gasteiger partial charge in [0.05, 0.1) is 0 Å². The van der Waals surface area contributed by atoms with Gasteiger partial charge in [-0.05, 0) is 36.0 Å². The van der Waals surface area contributed by atoms with Gasteiger partial charge < -0.3 is 19.6 Å². The fourth-order valence-electron chi connectivity index (χ4n) is 2.63. The predicted molar refractivity (Wildman–Crippen MR) is 77.9 cm³/mol. The minimum atomic E-state index is -4.95. The Morgan fingerprint density at radius 3 is 2.38 bits per heavy atom. The van der Waals surface area contributed by atoms with Gasteiger partial charge in [-0.1, -0.05) is 25.1 Å². The van der Waals surface area contributed by atoms with Gasteiger partial charge >= 0.3 is 15.2 Å². The maximum atomic E-state index is 11.3. The van der Waals surface area contributed by atoms with Crippen LogP contribution in [0.1, 0.15) is 36.1 Å². The molecule has 0 fully saturated rings. The summed E-state index contributed by atoms with van der Waals surface area (Å²) in [5.74, 6) is 0. The first-order chi connectivity index (χ1) is 9.63. The molecule has 1 atom stereocenters. The van der Waals surface area contributed by atoms with Gasteiger partial charge in [-0.15, -0.1) is 0 Å². The fraction of sp³-hybridized carbons (Fsp3) is 0.500. The number of fused-ring (bicyclic) bond motifs is 1. The van der Waals surface area contributed by atoms with E-state index in [9.17, 15) is 9.13 Å². The van der Waals surface area contributed by atoms with Crippen LogP contribution in [0.25, 0.3) is 0 Å². The summed E-state index contributed by atoms with van der Waals surface area (Å²) >= 11 is 0. The highest BCUT2D eigenvalue weighted by Crippen LogP contribution is 2.59. The van der Waals surface area contributed by atoms with Crippen molar-refractivity contribution in [3.63, 3.8) is 0 Å². The highest BCUT2D eigenvalue weighted by Gasteiger charge is 2.45. The molecule has 1 aromatic rings. The number of rotatable bonds is 5. The first kappa shape index (κ1) is 16.8. The summed E-state index contributed by atoms with van der Waals surface area (Å²) in [4.78, 5) is 36.6. The van der Waals surface area contributed by atoms with E-state index in [4.69, 9.17) is 19.6 Å². The molecule has 0 amide bonds. The van der Waals surface area contributed by atoms with Crippen LogP contribution in [0.3, 0.4) is 0 Å². The number of aryl methyl sites for hydroxylation is 2. The Bertz CT molecular complexity index is 600. The van der Waals surface area contributed by atoms with Crippen molar-refractivity contribution in [2.75, 3.05) is 0 Å².